The third-order valence-electron chi connectivity index (χ3n) is 9.44. The topological polar surface area (TPSA) is 3.24 Å². The van der Waals surface area contributed by atoms with Gasteiger partial charge in [-0.1, -0.05) is 109 Å². The van der Waals surface area contributed by atoms with Crippen LogP contribution in [0.15, 0.2) is 152 Å². The number of hydrogen-bond donors (Lipinski definition) is 0. The predicted octanol–water partition coefficient (Wildman–Crippen LogP) is 12.3. The maximum Gasteiger partial charge on any atom is 0.0413 e. The minimum Gasteiger partial charge on any atom is -0.338 e. The van der Waals surface area contributed by atoms with Crippen molar-refractivity contribution in [1.29, 1.82) is 0 Å². The Balaban J connectivity index is 1.02. The monoisotopic (exact) mass is 585 g/mol. The average molecular weight is 586 g/mol. The molecule has 44 heavy (non-hydrogen) atoms. The van der Waals surface area contributed by atoms with E-state index in [1.165, 1.54) is 85.0 Å². The largest absolute Gasteiger partial charge is 0.338 e. The summed E-state index contributed by atoms with van der Waals surface area (Å²) in [6.45, 7) is 0. The number of hydrogen-bond acceptors (Lipinski definition) is 2. The summed E-state index contributed by atoms with van der Waals surface area (Å²) in [6, 6.07) is 56.2. The van der Waals surface area contributed by atoms with Gasteiger partial charge < -0.3 is 4.90 Å². The lowest BCUT2D eigenvalue weighted by Gasteiger charge is -2.39. The summed E-state index contributed by atoms with van der Waals surface area (Å²) in [5, 5.41) is 2.82. The maximum absolute atomic E-state index is 2.59. The van der Waals surface area contributed by atoms with E-state index in [-0.39, 0.29) is 0 Å². The maximum atomic E-state index is 2.59. The number of nitrogens with zero attached hydrogens (tertiary/aromatic N) is 1. The molecule has 2 heteroatoms. The summed E-state index contributed by atoms with van der Waals surface area (Å²) in [4.78, 5) is 2.59. The highest BCUT2D eigenvalue weighted by Gasteiger charge is 2.28. The fourth-order valence-corrected chi connectivity index (χ4v) is 8.21. The quantitative estimate of drug-likeness (QED) is 0.188. The molecule has 0 amide bonds. The van der Waals surface area contributed by atoms with E-state index in [1.54, 1.807) is 0 Å². The Kier molecular flexibility index (Phi) is 7.21. The molecule has 0 unspecified atom stereocenters. The molecule has 1 aromatic heterocycles. The van der Waals surface area contributed by atoms with Gasteiger partial charge in [0.05, 0.1) is 0 Å². The molecule has 1 fully saturated rings. The first-order valence-electron chi connectivity index (χ1n) is 15.8. The van der Waals surface area contributed by atoms with E-state index in [0.717, 1.165) is 0 Å². The molecule has 1 aliphatic carbocycles. The summed E-state index contributed by atoms with van der Waals surface area (Å²) in [7, 11) is 0. The Morgan fingerprint density at radius 1 is 0.432 bits per heavy atom. The number of rotatable bonds is 6. The van der Waals surface area contributed by atoms with Crippen LogP contribution in [0, 0.1) is 0 Å². The van der Waals surface area contributed by atoms with Gasteiger partial charge in [-0.15, -0.1) is 11.3 Å². The van der Waals surface area contributed by atoms with Crippen LogP contribution in [0.2, 0.25) is 0 Å². The lowest BCUT2D eigenvalue weighted by atomic mass is 9.80. The van der Waals surface area contributed by atoms with Crippen LogP contribution < -0.4 is 4.90 Å². The Morgan fingerprint density at radius 3 is 1.64 bits per heavy atom. The molecule has 0 aliphatic heterocycles. The Hall–Kier alpha value is -4.66. The van der Waals surface area contributed by atoms with Crippen LogP contribution in [0.3, 0.4) is 0 Å². The average Bonchev–Trinajstić information content (AvgIpc) is 3.48. The van der Waals surface area contributed by atoms with Gasteiger partial charge in [0, 0.05) is 37.6 Å². The standard InChI is InChI=1S/C42H35NS/c1-3-9-30(10-4-1)31-15-17-32(18-16-31)33-19-24-37(25-20-33)43(36-11-5-2-6-12-36)38-26-21-34(22-27-38)35-23-28-42-40(29-35)39-13-7-8-14-41(39)44-42/h1-20,23-25,28-29,34,38H,21-22,26-27H2. The van der Waals surface area contributed by atoms with Crippen molar-refractivity contribution in [2.24, 2.45) is 0 Å². The van der Waals surface area contributed by atoms with Crippen LogP contribution in [0.25, 0.3) is 42.4 Å². The van der Waals surface area contributed by atoms with Crippen molar-refractivity contribution in [2.45, 2.75) is 37.6 Å². The van der Waals surface area contributed by atoms with Gasteiger partial charge in [-0.25, -0.2) is 0 Å². The fraction of sp³-hybridized carbons (Fsp3) is 0.143. The number of anilines is 2. The van der Waals surface area contributed by atoms with Crippen LogP contribution in [0.1, 0.15) is 37.2 Å². The Morgan fingerprint density at radius 2 is 0.955 bits per heavy atom. The van der Waals surface area contributed by atoms with Crippen molar-refractivity contribution in [1.82, 2.24) is 0 Å². The number of para-hydroxylation sites is 1. The van der Waals surface area contributed by atoms with Crippen molar-refractivity contribution in [3.63, 3.8) is 0 Å². The molecule has 1 aliphatic rings. The highest BCUT2D eigenvalue weighted by atomic mass is 32.1. The zero-order chi connectivity index (χ0) is 29.3. The molecule has 7 aromatic rings. The molecule has 0 atom stereocenters. The molecule has 0 N–H and O–H groups in total. The van der Waals surface area contributed by atoms with Crippen LogP contribution >= 0.6 is 11.3 Å². The van der Waals surface area contributed by atoms with E-state index < -0.39 is 0 Å². The summed E-state index contributed by atoms with van der Waals surface area (Å²) in [5.74, 6) is 0.619. The molecular formula is C42H35NS. The first-order valence-corrected chi connectivity index (χ1v) is 16.6. The second-order valence-corrected chi connectivity index (χ2v) is 13.1. The molecule has 0 radical (unpaired) electrons. The number of fused-ring (bicyclic) bond motifs is 3. The minimum absolute atomic E-state index is 0.482. The third kappa shape index (κ3) is 5.20. The number of benzene rings is 6. The summed E-state index contributed by atoms with van der Waals surface area (Å²) in [5.41, 5.74) is 9.06. The van der Waals surface area contributed by atoms with Gasteiger partial charge in [0.1, 0.15) is 0 Å². The molecule has 0 saturated heterocycles. The van der Waals surface area contributed by atoms with Crippen molar-refractivity contribution >= 4 is 42.9 Å². The Labute approximate surface area is 264 Å². The fourth-order valence-electron chi connectivity index (χ4n) is 7.12. The molecule has 1 nitrogen and oxygen atoms in total. The lowest BCUT2D eigenvalue weighted by Crippen LogP contribution is -2.34. The predicted molar refractivity (Wildman–Crippen MR) is 190 cm³/mol. The van der Waals surface area contributed by atoms with Crippen LogP contribution in [0.5, 0.6) is 0 Å². The van der Waals surface area contributed by atoms with Crippen molar-refractivity contribution in [2.75, 3.05) is 4.90 Å². The zero-order valence-corrected chi connectivity index (χ0v) is 25.6. The van der Waals surface area contributed by atoms with E-state index in [0.29, 0.717) is 12.0 Å². The zero-order valence-electron chi connectivity index (χ0n) is 24.8. The van der Waals surface area contributed by atoms with Crippen LogP contribution in [-0.4, -0.2) is 6.04 Å². The molecule has 0 spiro atoms. The lowest BCUT2D eigenvalue weighted by molar-refractivity contribution is 0.392. The van der Waals surface area contributed by atoms with Crippen molar-refractivity contribution in [3.8, 4) is 22.3 Å². The van der Waals surface area contributed by atoms with Crippen LogP contribution in [-0.2, 0) is 0 Å². The van der Waals surface area contributed by atoms with E-state index in [2.05, 4.69) is 157 Å². The van der Waals surface area contributed by atoms with Gasteiger partial charge >= 0.3 is 0 Å². The minimum atomic E-state index is 0.482. The molecule has 1 saturated carbocycles. The van der Waals surface area contributed by atoms with Crippen molar-refractivity contribution < 1.29 is 0 Å². The van der Waals surface area contributed by atoms with Gasteiger partial charge in [-0.05, 0) is 102 Å². The summed E-state index contributed by atoms with van der Waals surface area (Å²) in [6.07, 6.45) is 4.80. The second kappa shape index (κ2) is 11.8. The first kappa shape index (κ1) is 26.9. The van der Waals surface area contributed by atoms with Crippen molar-refractivity contribution in [3.05, 3.63) is 157 Å². The van der Waals surface area contributed by atoms with Gasteiger partial charge in [-0.2, -0.15) is 0 Å². The van der Waals surface area contributed by atoms with E-state index in [9.17, 15) is 0 Å². The van der Waals surface area contributed by atoms with E-state index in [4.69, 9.17) is 0 Å². The van der Waals surface area contributed by atoms with E-state index >= 15 is 0 Å². The first-order chi connectivity index (χ1) is 21.8. The molecular weight excluding hydrogens is 551 g/mol. The van der Waals surface area contributed by atoms with E-state index in [1.807, 2.05) is 11.3 Å². The smallest absolute Gasteiger partial charge is 0.0413 e. The summed E-state index contributed by atoms with van der Waals surface area (Å²) >= 11 is 1.91. The van der Waals surface area contributed by atoms with Gasteiger partial charge in [-0.3, -0.25) is 0 Å². The third-order valence-corrected chi connectivity index (χ3v) is 10.6. The second-order valence-electron chi connectivity index (χ2n) is 12.1. The number of thiophene rings is 1. The van der Waals surface area contributed by atoms with Crippen LogP contribution in [0.4, 0.5) is 11.4 Å². The van der Waals surface area contributed by atoms with Gasteiger partial charge in [0.25, 0.3) is 0 Å². The SMILES string of the molecule is c1ccc(-c2ccc(-c3ccc(N(c4ccccc4)C4CCC(c5ccc6sc7ccccc7c6c5)CC4)cc3)cc2)cc1. The molecule has 6 aromatic carbocycles. The summed E-state index contributed by atoms with van der Waals surface area (Å²) < 4.78 is 2.78. The van der Waals surface area contributed by atoms with Gasteiger partial charge in [0.15, 0.2) is 0 Å². The molecule has 0 bridgehead atoms. The Bertz CT molecular complexity index is 2000. The highest BCUT2D eigenvalue weighted by molar-refractivity contribution is 7.25. The molecule has 8 rings (SSSR count). The normalized spacial score (nSPS) is 16.7. The van der Waals surface area contributed by atoms with Gasteiger partial charge in [0.2, 0.25) is 0 Å². The highest BCUT2D eigenvalue weighted by Crippen LogP contribution is 2.42. The molecule has 214 valence electrons. The molecule has 1 heterocycles.